The van der Waals surface area contributed by atoms with Gasteiger partial charge in [0.05, 0.1) is 11.1 Å². The van der Waals surface area contributed by atoms with Crippen molar-refractivity contribution in [1.29, 1.82) is 0 Å². The minimum absolute atomic E-state index is 0.108. The number of carbonyl (C=O) groups excluding carboxylic acids is 2. The van der Waals surface area contributed by atoms with Gasteiger partial charge in [-0.2, -0.15) is 0 Å². The number of amides is 2. The van der Waals surface area contributed by atoms with Gasteiger partial charge in [-0.05, 0) is 80.4 Å². The Morgan fingerprint density at radius 1 is 1.06 bits per heavy atom. The van der Waals surface area contributed by atoms with Gasteiger partial charge in [0, 0.05) is 35.7 Å². The molecule has 0 spiro atoms. The molecule has 4 N–H and O–H groups in total. The molecule has 0 atom stereocenters. The van der Waals surface area contributed by atoms with E-state index in [1.165, 1.54) is 0 Å². The largest absolute Gasteiger partial charge is 0.508 e. The molecule has 0 bridgehead atoms. The van der Waals surface area contributed by atoms with Crippen molar-refractivity contribution in [2.75, 3.05) is 31.5 Å². The lowest BCUT2D eigenvalue weighted by atomic mass is 9.97. The second kappa shape index (κ2) is 10.4. The van der Waals surface area contributed by atoms with Gasteiger partial charge >= 0.3 is 0 Å². The molecule has 1 aromatic heterocycles. The summed E-state index contributed by atoms with van der Waals surface area (Å²) in [5, 5.41) is 15.7. The molecule has 7 nitrogen and oxygen atoms in total. The summed E-state index contributed by atoms with van der Waals surface area (Å²) in [7, 11) is 0. The molecule has 7 heteroatoms. The maximum absolute atomic E-state index is 12.9. The summed E-state index contributed by atoms with van der Waals surface area (Å²) in [5.74, 6) is -0.0609. The molecule has 0 aliphatic carbocycles. The van der Waals surface area contributed by atoms with Crippen LogP contribution in [0, 0.1) is 20.8 Å². The number of fused-ring (bicyclic) bond motifs is 1. The highest BCUT2D eigenvalue weighted by molar-refractivity contribution is 6.35. The summed E-state index contributed by atoms with van der Waals surface area (Å²) in [6, 6.07) is 11.1. The van der Waals surface area contributed by atoms with Crippen LogP contribution in [-0.2, 0) is 4.79 Å². The lowest BCUT2D eigenvalue weighted by Crippen LogP contribution is -2.35. The number of aromatic nitrogens is 1. The number of likely N-dealkylation sites (N-methyl/N-ethyl adjacent to an activating group) is 1. The molecule has 1 aliphatic heterocycles. The molecule has 0 radical (unpaired) electrons. The standard InChI is InChI=1S/C29H34N4O3/c1-6-33(7-2)13-12-30-29(36)27-18(4)25(31-19(27)5)16-24-23-10-8-20(15-26(23)32-28(24)35)22-11-9-21(34)14-17(22)3/h8-11,14-16,31,34H,6-7,12-13H2,1-5H3,(H,30,36)(H,32,35)/b24-16-. The number of anilines is 1. The second-order valence-electron chi connectivity index (χ2n) is 9.22. The Morgan fingerprint density at radius 3 is 2.47 bits per heavy atom. The van der Waals surface area contributed by atoms with Crippen molar-refractivity contribution in [3.8, 4) is 16.9 Å². The average molecular weight is 487 g/mol. The van der Waals surface area contributed by atoms with Crippen LogP contribution in [0.4, 0.5) is 5.69 Å². The van der Waals surface area contributed by atoms with Gasteiger partial charge in [-0.1, -0.05) is 32.0 Å². The summed E-state index contributed by atoms with van der Waals surface area (Å²) < 4.78 is 0. The van der Waals surface area contributed by atoms with Gasteiger partial charge < -0.3 is 25.6 Å². The number of benzene rings is 2. The molecule has 36 heavy (non-hydrogen) atoms. The predicted molar refractivity (Wildman–Crippen MR) is 145 cm³/mol. The van der Waals surface area contributed by atoms with Crippen LogP contribution in [0.5, 0.6) is 5.75 Å². The first-order chi connectivity index (χ1) is 17.2. The van der Waals surface area contributed by atoms with E-state index in [0.717, 1.165) is 64.5 Å². The first-order valence-electron chi connectivity index (χ1n) is 12.4. The number of aryl methyl sites for hydroxylation is 2. The zero-order valence-corrected chi connectivity index (χ0v) is 21.6. The van der Waals surface area contributed by atoms with Crippen LogP contribution in [0.1, 0.15) is 52.3 Å². The molecule has 0 unspecified atom stereocenters. The van der Waals surface area contributed by atoms with Crippen molar-refractivity contribution in [2.24, 2.45) is 0 Å². The van der Waals surface area contributed by atoms with Gasteiger partial charge in [0.2, 0.25) is 0 Å². The predicted octanol–water partition coefficient (Wildman–Crippen LogP) is 4.88. The second-order valence-corrected chi connectivity index (χ2v) is 9.22. The van der Waals surface area contributed by atoms with Crippen LogP contribution in [0.15, 0.2) is 36.4 Å². The summed E-state index contributed by atoms with van der Waals surface area (Å²) in [6.07, 6.45) is 1.82. The highest BCUT2D eigenvalue weighted by atomic mass is 16.3. The fourth-order valence-corrected chi connectivity index (χ4v) is 4.84. The molecule has 188 valence electrons. The Kier molecular flexibility index (Phi) is 7.31. The first-order valence-corrected chi connectivity index (χ1v) is 12.4. The number of H-pyrrole nitrogens is 1. The summed E-state index contributed by atoms with van der Waals surface area (Å²) >= 11 is 0. The normalized spacial score (nSPS) is 13.8. The number of hydrogen-bond donors (Lipinski definition) is 4. The summed E-state index contributed by atoms with van der Waals surface area (Å²) in [6.45, 7) is 13.2. The van der Waals surface area contributed by atoms with Gasteiger partial charge in [0.15, 0.2) is 0 Å². The molecule has 3 aromatic rings. The maximum Gasteiger partial charge on any atom is 0.256 e. The molecule has 2 aromatic carbocycles. The molecule has 4 rings (SSSR count). The fourth-order valence-electron chi connectivity index (χ4n) is 4.84. The van der Waals surface area contributed by atoms with Gasteiger partial charge in [-0.25, -0.2) is 0 Å². The van der Waals surface area contributed by atoms with E-state index in [2.05, 4.69) is 34.4 Å². The Labute approximate surface area is 212 Å². The zero-order chi connectivity index (χ0) is 26.0. The lowest BCUT2D eigenvalue weighted by molar-refractivity contribution is -0.110. The van der Waals surface area contributed by atoms with Crippen LogP contribution in [-0.4, -0.2) is 53.0 Å². The molecule has 0 saturated heterocycles. The fraction of sp³-hybridized carbons (Fsp3) is 0.310. The monoisotopic (exact) mass is 486 g/mol. The highest BCUT2D eigenvalue weighted by Crippen LogP contribution is 2.38. The zero-order valence-electron chi connectivity index (χ0n) is 21.6. The lowest BCUT2D eigenvalue weighted by Gasteiger charge is -2.18. The molecular weight excluding hydrogens is 452 g/mol. The molecule has 0 saturated carbocycles. The van der Waals surface area contributed by atoms with Gasteiger partial charge in [0.25, 0.3) is 11.8 Å². The Hall–Kier alpha value is -3.84. The molecule has 1 aliphatic rings. The van der Waals surface area contributed by atoms with Gasteiger partial charge in [-0.15, -0.1) is 0 Å². The number of rotatable bonds is 8. The first kappa shape index (κ1) is 25.3. The number of aromatic amines is 1. The molecular formula is C29H34N4O3. The van der Waals surface area contributed by atoms with Crippen molar-refractivity contribution in [3.05, 3.63) is 70.0 Å². The topological polar surface area (TPSA) is 97.5 Å². The van der Waals surface area contributed by atoms with Crippen LogP contribution in [0.2, 0.25) is 0 Å². The maximum atomic E-state index is 12.9. The Balaban J connectivity index is 1.59. The van der Waals surface area contributed by atoms with Crippen molar-refractivity contribution in [1.82, 2.24) is 15.2 Å². The molecule has 2 amide bonds. The average Bonchev–Trinajstić information content (AvgIpc) is 3.30. The van der Waals surface area contributed by atoms with E-state index in [9.17, 15) is 14.7 Å². The smallest absolute Gasteiger partial charge is 0.256 e. The number of carbonyl (C=O) groups is 2. The third-order valence-electron chi connectivity index (χ3n) is 6.92. The van der Waals surface area contributed by atoms with E-state index in [1.54, 1.807) is 12.1 Å². The van der Waals surface area contributed by atoms with Crippen LogP contribution >= 0.6 is 0 Å². The van der Waals surface area contributed by atoms with Crippen LogP contribution < -0.4 is 10.6 Å². The summed E-state index contributed by atoms with van der Waals surface area (Å²) in [4.78, 5) is 31.4. The van der Waals surface area contributed by atoms with E-state index in [1.807, 2.05) is 51.1 Å². The van der Waals surface area contributed by atoms with E-state index in [4.69, 9.17) is 0 Å². The van der Waals surface area contributed by atoms with E-state index in [0.29, 0.717) is 17.7 Å². The van der Waals surface area contributed by atoms with Crippen LogP contribution in [0.25, 0.3) is 22.8 Å². The van der Waals surface area contributed by atoms with E-state index in [-0.39, 0.29) is 17.6 Å². The highest BCUT2D eigenvalue weighted by Gasteiger charge is 2.26. The van der Waals surface area contributed by atoms with Crippen molar-refractivity contribution in [3.63, 3.8) is 0 Å². The number of phenolic OH excluding ortho intramolecular Hbond substituents is 1. The minimum Gasteiger partial charge on any atom is -0.508 e. The van der Waals surface area contributed by atoms with E-state index >= 15 is 0 Å². The van der Waals surface area contributed by atoms with Crippen LogP contribution in [0.3, 0.4) is 0 Å². The number of nitrogens with zero attached hydrogens (tertiary/aromatic N) is 1. The number of hydrogen-bond acceptors (Lipinski definition) is 4. The van der Waals surface area contributed by atoms with Crippen molar-refractivity contribution >= 4 is 29.2 Å². The van der Waals surface area contributed by atoms with Crippen molar-refractivity contribution < 1.29 is 14.7 Å². The molecule has 0 fully saturated rings. The van der Waals surface area contributed by atoms with Gasteiger partial charge in [0.1, 0.15) is 5.75 Å². The van der Waals surface area contributed by atoms with Crippen molar-refractivity contribution in [2.45, 2.75) is 34.6 Å². The minimum atomic E-state index is -0.179. The Morgan fingerprint density at radius 2 is 1.78 bits per heavy atom. The quantitative estimate of drug-likeness (QED) is 0.341. The van der Waals surface area contributed by atoms with Gasteiger partial charge in [-0.3, -0.25) is 9.59 Å². The Bertz CT molecular complexity index is 1350. The third kappa shape index (κ3) is 4.93. The summed E-state index contributed by atoms with van der Waals surface area (Å²) in [5.41, 5.74) is 7.99. The third-order valence-corrected chi connectivity index (χ3v) is 6.92. The van der Waals surface area contributed by atoms with E-state index < -0.39 is 0 Å². The SMILES string of the molecule is CCN(CC)CCNC(=O)c1c(C)[nH]c(/C=C2\C(=O)Nc3cc(-c4ccc(O)cc4C)ccc32)c1C. The number of nitrogens with one attached hydrogen (secondary N) is 3. The molecule has 2 heterocycles. The number of aromatic hydroxyl groups is 1. The number of phenols is 1.